The molecule has 4 aromatic rings. The van der Waals surface area contributed by atoms with Gasteiger partial charge in [-0.1, -0.05) is 12.1 Å². The minimum absolute atomic E-state index is 0.00210. The predicted octanol–water partition coefficient (Wildman–Crippen LogP) is 2.04. The number of aromatic nitrogens is 3. The van der Waals surface area contributed by atoms with E-state index in [0.29, 0.717) is 22.8 Å². The van der Waals surface area contributed by atoms with Crippen molar-refractivity contribution in [2.45, 2.75) is 24.9 Å². The number of furan rings is 1. The van der Waals surface area contributed by atoms with Crippen molar-refractivity contribution >= 4 is 21.6 Å². The molecule has 0 radical (unpaired) electrons. The minimum atomic E-state index is -3.81. The maximum absolute atomic E-state index is 12.7. The van der Waals surface area contributed by atoms with E-state index in [9.17, 15) is 13.2 Å². The first-order chi connectivity index (χ1) is 14.4. The van der Waals surface area contributed by atoms with Crippen LogP contribution in [-0.4, -0.2) is 28.9 Å². The zero-order chi connectivity index (χ0) is 21.1. The number of amides is 1. The van der Waals surface area contributed by atoms with Crippen LogP contribution in [0.5, 0.6) is 0 Å². The number of sulfonamides is 1. The summed E-state index contributed by atoms with van der Waals surface area (Å²) in [6, 6.07) is 13.3. The average Bonchev–Trinajstić information content (AvgIpc) is 3.41. The fraction of sp³-hybridized carbons (Fsp3) is 0.150. The van der Waals surface area contributed by atoms with Crippen LogP contribution in [0.4, 0.5) is 0 Å². The molecule has 2 N–H and O–H groups in total. The first-order valence-corrected chi connectivity index (χ1v) is 10.6. The Morgan fingerprint density at radius 2 is 1.97 bits per heavy atom. The third-order valence-corrected chi connectivity index (χ3v) is 5.97. The summed E-state index contributed by atoms with van der Waals surface area (Å²) in [6.07, 6.45) is 3.27. The van der Waals surface area contributed by atoms with Gasteiger partial charge in [0.15, 0.2) is 11.5 Å². The van der Waals surface area contributed by atoms with Gasteiger partial charge in [-0.3, -0.25) is 9.20 Å². The molecule has 30 heavy (non-hydrogen) atoms. The Kier molecular flexibility index (Phi) is 5.34. The average molecular weight is 425 g/mol. The molecule has 1 amide bonds. The lowest BCUT2D eigenvalue weighted by Crippen LogP contribution is -2.26. The van der Waals surface area contributed by atoms with Crippen molar-refractivity contribution in [1.82, 2.24) is 24.6 Å². The van der Waals surface area contributed by atoms with E-state index in [-0.39, 0.29) is 23.5 Å². The van der Waals surface area contributed by atoms with Crippen LogP contribution in [-0.2, 0) is 23.1 Å². The zero-order valence-corrected chi connectivity index (χ0v) is 16.9. The number of fused-ring (bicyclic) bond motifs is 1. The molecule has 0 aliphatic carbocycles. The molecule has 0 bridgehead atoms. The van der Waals surface area contributed by atoms with Crippen molar-refractivity contribution < 1.29 is 17.6 Å². The molecule has 3 heterocycles. The molecule has 0 saturated carbocycles. The molecular formula is C20H19N5O4S. The monoisotopic (exact) mass is 425 g/mol. The SMILES string of the molecule is Cc1ccc(S(=O)(=O)NCc2ccco2)cc1C(=O)NCc1nnc2ccccn12. The normalized spacial score (nSPS) is 11.6. The summed E-state index contributed by atoms with van der Waals surface area (Å²) < 4.78 is 34.6. The van der Waals surface area contributed by atoms with Gasteiger partial charge in [0.25, 0.3) is 5.91 Å². The summed E-state index contributed by atoms with van der Waals surface area (Å²) in [5, 5.41) is 10.9. The molecule has 154 valence electrons. The maximum atomic E-state index is 12.7. The predicted molar refractivity (Wildman–Crippen MR) is 108 cm³/mol. The van der Waals surface area contributed by atoms with E-state index in [1.165, 1.54) is 18.4 Å². The van der Waals surface area contributed by atoms with Crippen molar-refractivity contribution in [3.63, 3.8) is 0 Å². The van der Waals surface area contributed by atoms with E-state index >= 15 is 0 Å². The maximum Gasteiger partial charge on any atom is 0.251 e. The molecule has 0 fully saturated rings. The summed E-state index contributed by atoms with van der Waals surface area (Å²) >= 11 is 0. The van der Waals surface area contributed by atoms with Crippen molar-refractivity contribution in [2.75, 3.05) is 0 Å². The highest BCUT2D eigenvalue weighted by Crippen LogP contribution is 2.16. The lowest BCUT2D eigenvalue weighted by atomic mass is 10.1. The Morgan fingerprint density at radius 3 is 2.77 bits per heavy atom. The Hall–Kier alpha value is -3.50. The van der Waals surface area contributed by atoms with Crippen LogP contribution in [0.3, 0.4) is 0 Å². The van der Waals surface area contributed by atoms with E-state index < -0.39 is 15.9 Å². The molecular weight excluding hydrogens is 406 g/mol. The van der Waals surface area contributed by atoms with Gasteiger partial charge in [-0.15, -0.1) is 10.2 Å². The number of carbonyl (C=O) groups excluding carboxylic acids is 1. The second-order valence-electron chi connectivity index (χ2n) is 6.61. The molecule has 1 aromatic carbocycles. The zero-order valence-electron chi connectivity index (χ0n) is 16.1. The van der Waals surface area contributed by atoms with Gasteiger partial charge >= 0.3 is 0 Å². The van der Waals surface area contributed by atoms with Gasteiger partial charge in [0.05, 0.1) is 24.2 Å². The smallest absolute Gasteiger partial charge is 0.251 e. The van der Waals surface area contributed by atoms with Crippen LogP contribution < -0.4 is 10.0 Å². The Bertz CT molecular complexity index is 1300. The van der Waals surface area contributed by atoms with Gasteiger partial charge in [-0.25, -0.2) is 13.1 Å². The molecule has 0 spiro atoms. The quantitative estimate of drug-likeness (QED) is 0.468. The summed E-state index contributed by atoms with van der Waals surface area (Å²) in [4.78, 5) is 12.7. The number of aryl methyl sites for hydroxylation is 1. The number of nitrogens with one attached hydrogen (secondary N) is 2. The lowest BCUT2D eigenvalue weighted by Gasteiger charge is -2.10. The third-order valence-electron chi connectivity index (χ3n) is 4.57. The summed E-state index contributed by atoms with van der Waals surface area (Å²) in [6.45, 7) is 1.91. The van der Waals surface area contributed by atoms with Crippen molar-refractivity contribution in [3.8, 4) is 0 Å². The van der Waals surface area contributed by atoms with Crippen LogP contribution in [0, 0.1) is 6.92 Å². The number of hydrogen-bond acceptors (Lipinski definition) is 6. The molecule has 9 nitrogen and oxygen atoms in total. The molecule has 3 aromatic heterocycles. The van der Waals surface area contributed by atoms with E-state index in [0.717, 1.165) is 0 Å². The molecule has 0 unspecified atom stereocenters. The van der Waals surface area contributed by atoms with Crippen LogP contribution in [0.2, 0.25) is 0 Å². The van der Waals surface area contributed by atoms with Gasteiger partial charge in [0, 0.05) is 11.8 Å². The number of pyridine rings is 1. The third kappa shape index (κ3) is 4.09. The molecule has 0 saturated heterocycles. The van der Waals surface area contributed by atoms with Crippen LogP contribution in [0.25, 0.3) is 5.65 Å². The topological polar surface area (TPSA) is 119 Å². The van der Waals surface area contributed by atoms with Crippen LogP contribution in [0.1, 0.15) is 27.5 Å². The fourth-order valence-electron chi connectivity index (χ4n) is 2.94. The lowest BCUT2D eigenvalue weighted by molar-refractivity contribution is 0.0949. The standard InChI is InChI=1S/C20H19N5O4S/c1-14-7-8-16(30(27,28)22-12-15-5-4-10-29-15)11-17(14)20(26)21-13-19-24-23-18-6-2-3-9-25(18)19/h2-11,22H,12-13H2,1H3,(H,21,26). The second-order valence-corrected chi connectivity index (χ2v) is 8.38. The molecule has 0 aliphatic heterocycles. The summed E-state index contributed by atoms with van der Waals surface area (Å²) in [5.74, 6) is 0.660. The highest BCUT2D eigenvalue weighted by molar-refractivity contribution is 7.89. The van der Waals surface area contributed by atoms with E-state index in [2.05, 4.69) is 20.2 Å². The van der Waals surface area contributed by atoms with E-state index in [1.807, 2.05) is 18.2 Å². The van der Waals surface area contributed by atoms with Gasteiger partial charge in [-0.2, -0.15) is 0 Å². The Balaban J connectivity index is 1.50. The molecule has 10 heteroatoms. The highest BCUT2D eigenvalue weighted by atomic mass is 32.2. The number of hydrogen-bond donors (Lipinski definition) is 2. The van der Waals surface area contributed by atoms with Gasteiger partial charge in [-0.05, 0) is 48.9 Å². The minimum Gasteiger partial charge on any atom is -0.468 e. The first kappa shape index (κ1) is 19.8. The number of benzene rings is 1. The van der Waals surface area contributed by atoms with E-state index in [4.69, 9.17) is 4.42 Å². The van der Waals surface area contributed by atoms with Crippen molar-refractivity contribution in [1.29, 1.82) is 0 Å². The van der Waals surface area contributed by atoms with E-state index in [1.54, 1.807) is 35.7 Å². The van der Waals surface area contributed by atoms with Gasteiger partial charge < -0.3 is 9.73 Å². The number of carbonyl (C=O) groups is 1. The fourth-order valence-corrected chi connectivity index (χ4v) is 3.96. The van der Waals surface area contributed by atoms with Crippen LogP contribution >= 0.6 is 0 Å². The highest BCUT2D eigenvalue weighted by Gasteiger charge is 2.19. The second kappa shape index (κ2) is 8.09. The Morgan fingerprint density at radius 1 is 1.10 bits per heavy atom. The Labute approximate surface area is 172 Å². The summed E-state index contributed by atoms with van der Waals surface area (Å²) in [7, 11) is -3.81. The summed E-state index contributed by atoms with van der Waals surface area (Å²) in [5.41, 5.74) is 1.60. The first-order valence-electron chi connectivity index (χ1n) is 9.13. The molecule has 0 atom stereocenters. The van der Waals surface area contributed by atoms with Crippen molar-refractivity contribution in [2.24, 2.45) is 0 Å². The van der Waals surface area contributed by atoms with Crippen molar-refractivity contribution in [3.05, 3.63) is 83.7 Å². The number of rotatable bonds is 7. The number of nitrogens with zero attached hydrogens (tertiary/aromatic N) is 3. The van der Waals surface area contributed by atoms with Crippen LogP contribution in [0.15, 0.2) is 70.3 Å². The molecule has 0 aliphatic rings. The van der Waals surface area contributed by atoms with Gasteiger partial charge in [0.1, 0.15) is 5.76 Å². The molecule has 4 rings (SSSR count). The van der Waals surface area contributed by atoms with Gasteiger partial charge in [0.2, 0.25) is 10.0 Å². The largest absolute Gasteiger partial charge is 0.468 e.